The zero-order valence-corrected chi connectivity index (χ0v) is 24.0. The Bertz CT molecular complexity index is 1680. The highest BCUT2D eigenvalue weighted by Gasteiger charge is 2.24. The summed E-state index contributed by atoms with van der Waals surface area (Å²) in [5.41, 5.74) is 5.04. The Kier molecular flexibility index (Phi) is 9.80. The fraction of sp³-hybridized carbons (Fsp3) is 0.206. The van der Waals surface area contributed by atoms with E-state index in [4.69, 9.17) is 0 Å². The first-order valence-corrected chi connectivity index (χ1v) is 14.3. The molecule has 4 amide bonds. The minimum atomic E-state index is -0.942. The van der Waals surface area contributed by atoms with Crippen LogP contribution in [0.4, 0.5) is 15.3 Å². The van der Waals surface area contributed by atoms with Gasteiger partial charge in [-0.05, 0) is 78.4 Å². The first-order chi connectivity index (χ1) is 21.5. The van der Waals surface area contributed by atoms with Crippen LogP contribution in [0.5, 0.6) is 0 Å². The van der Waals surface area contributed by atoms with E-state index in [1.54, 1.807) is 43.0 Å². The van der Waals surface area contributed by atoms with Crippen molar-refractivity contribution < 1.29 is 19.5 Å². The standard InChI is InChI=1S/C34H32N6O4/c41-32(38-28-14-20-40(21-15-28)34(43)44)31-6-2-1-5-25(31)7-8-27-22-29(9-10-30(27)26-12-17-35-18-13-26)39-33(42)37-19-11-24-4-3-16-36-23-24/h1-6,9-10,12-13,16-18,22-23,28H,11,14-15,19-21H2,(H,38,41)(H,43,44)(H2,37,39,42). The minimum Gasteiger partial charge on any atom is -0.465 e. The van der Waals surface area contributed by atoms with Crippen LogP contribution >= 0.6 is 0 Å². The number of pyridine rings is 2. The molecule has 222 valence electrons. The number of likely N-dealkylation sites (tertiary alicyclic amines) is 1. The molecule has 4 N–H and O–H groups in total. The first kappa shape index (κ1) is 29.8. The van der Waals surface area contributed by atoms with E-state index in [1.807, 2.05) is 48.5 Å². The molecule has 1 aliphatic rings. The largest absolute Gasteiger partial charge is 0.465 e. The lowest BCUT2D eigenvalue weighted by atomic mass is 9.99. The molecular weight excluding hydrogens is 556 g/mol. The Balaban J connectivity index is 1.33. The van der Waals surface area contributed by atoms with Crippen LogP contribution in [0, 0.1) is 11.8 Å². The molecule has 1 fully saturated rings. The average molecular weight is 589 g/mol. The summed E-state index contributed by atoms with van der Waals surface area (Å²) in [4.78, 5) is 46.6. The third kappa shape index (κ3) is 7.98. The average Bonchev–Trinajstić information content (AvgIpc) is 3.05. The van der Waals surface area contributed by atoms with Gasteiger partial charge in [-0.2, -0.15) is 0 Å². The summed E-state index contributed by atoms with van der Waals surface area (Å²) < 4.78 is 0. The quantitative estimate of drug-likeness (QED) is 0.230. The van der Waals surface area contributed by atoms with Crippen molar-refractivity contribution in [2.45, 2.75) is 25.3 Å². The van der Waals surface area contributed by atoms with Crippen molar-refractivity contribution >= 4 is 23.7 Å². The van der Waals surface area contributed by atoms with Crippen LogP contribution < -0.4 is 16.0 Å². The Labute approximate surface area is 255 Å². The van der Waals surface area contributed by atoms with Gasteiger partial charge in [0.1, 0.15) is 0 Å². The number of carbonyl (C=O) groups is 3. The smallest absolute Gasteiger partial charge is 0.407 e. The fourth-order valence-electron chi connectivity index (χ4n) is 4.95. The van der Waals surface area contributed by atoms with Gasteiger partial charge in [0.15, 0.2) is 0 Å². The van der Waals surface area contributed by atoms with Gasteiger partial charge in [-0.25, -0.2) is 9.59 Å². The second-order valence-electron chi connectivity index (χ2n) is 10.3. The predicted octanol–water partition coefficient (Wildman–Crippen LogP) is 4.78. The van der Waals surface area contributed by atoms with Crippen molar-refractivity contribution in [2.75, 3.05) is 25.0 Å². The number of anilines is 1. The summed E-state index contributed by atoms with van der Waals surface area (Å²) in [5, 5.41) is 18.0. The third-order valence-corrected chi connectivity index (χ3v) is 7.30. The highest BCUT2D eigenvalue weighted by Crippen LogP contribution is 2.26. The Hall–Kier alpha value is -5.69. The van der Waals surface area contributed by atoms with Crippen LogP contribution in [0.2, 0.25) is 0 Å². The molecule has 0 saturated carbocycles. The molecule has 1 saturated heterocycles. The van der Waals surface area contributed by atoms with Gasteiger partial charge in [0, 0.05) is 67.3 Å². The number of nitrogens with zero attached hydrogens (tertiary/aromatic N) is 3. The summed E-state index contributed by atoms with van der Waals surface area (Å²) in [7, 11) is 0. The van der Waals surface area contributed by atoms with Crippen LogP contribution in [0.1, 0.15) is 39.9 Å². The number of urea groups is 1. The molecule has 2 aromatic carbocycles. The molecule has 44 heavy (non-hydrogen) atoms. The second kappa shape index (κ2) is 14.5. The normalized spacial score (nSPS) is 12.9. The van der Waals surface area contributed by atoms with E-state index in [1.165, 1.54) is 4.90 Å². The van der Waals surface area contributed by atoms with Gasteiger partial charge >= 0.3 is 12.1 Å². The van der Waals surface area contributed by atoms with Crippen molar-refractivity contribution in [3.8, 4) is 23.0 Å². The van der Waals surface area contributed by atoms with Crippen molar-refractivity contribution in [3.05, 3.63) is 114 Å². The predicted molar refractivity (Wildman–Crippen MR) is 167 cm³/mol. The minimum absolute atomic E-state index is 0.115. The van der Waals surface area contributed by atoms with Gasteiger partial charge in [-0.1, -0.05) is 36.1 Å². The van der Waals surface area contributed by atoms with E-state index in [-0.39, 0.29) is 18.0 Å². The van der Waals surface area contributed by atoms with Gasteiger partial charge in [-0.15, -0.1) is 0 Å². The van der Waals surface area contributed by atoms with E-state index >= 15 is 0 Å². The molecule has 10 nitrogen and oxygen atoms in total. The SMILES string of the molecule is O=C(NCCc1cccnc1)Nc1ccc(-c2ccncc2)c(C#Cc2ccccc2C(=O)NC2CCN(C(=O)O)CC2)c1. The van der Waals surface area contributed by atoms with Crippen molar-refractivity contribution in [1.29, 1.82) is 0 Å². The van der Waals surface area contributed by atoms with Crippen LogP contribution in [-0.2, 0) is 6.42 Å². The van der Waals surface area contributed by atoms with Crippen molar-refractivity contribution in [3.63, 3.8) is 0 Å². The molecule has 0 bridgehead atoms. The number of rotatable bonds is 7. The molecule has 5 rings (SSSR count). The summed E-state index contributed by atoms with van der Waals surface area (Å²) in [6, 6.07) is 19.8. The monoisotopic (exact) mass is 588 g/mol. The number of aromatic nitrogens is 2. The molecule has 1 aliphatic heterocycles. The van der Waals surface area contributed by atoms with Crippen molar-refractivity contribution in [2.24, 2.45) is 0 Å². The maximum absolute atomic E-state index is 13.2. The van der Waals surface area contributed by atoms with E-state index in [0.29, 0.717) is 61.3 Å². The second-order valence-corrected chi connectivity index (χ2v) is 10.3. The zero-order chi connectivity index (χ0) is 30.7. The summed E-state index contributed by atoms with van der Waals surface area (Å²) >= 11 is 0. The van der Waals surface area contributed by atoms with Gasteiger partial charge in [0.25, 0.3) is 5.91 Å². The van der Waals surface area contributed by atoms with Gasteiger partial charge < -0.3 is 26.0 Å². The van der Waals surface area contributed by atoms with Crippen LogP contribution in [0.25, 0.3) is 11.1 Å². The molecule has 0 atom stereocenters. The van der Waals surface area contributed by atoms with Gasteiger partial charge in [-0.3, -0.25) is 14.8 Å². The number of nitrogens with one attached hydrogen (secondary N) is 3. The Morgan fingerprint density at radius 3 is 2.41 bits per heavy atom. The number of amides is 4. The first-order valence-electron chi connectivity index (χ1n) is 14.3. The number of carbonyl (C=O) groups excluding carboxylic acids is 2. The molecule has 3 heterocycles. The van der Waals surface area contributed by atoms with E-state index in [0.717, 1.165) is 16.7 Å². The van der Waals surface area contributed by atoms with E-state index in [9.17, 15) is 19.5 Å². The molecule has 4 aromatic rings. The van der Waals surface area contributed by atoms with E-state index < -0.39 is 6.09 Å². The topological polar surface area (TPSA) is 137 Å². The highest BCUT2D eigenvalue weighted by atomic mass is 16.4. The van der Waals surface area contributed by atoms with Gasteiger partial charge in [0.05, 0.1) is 5.56 Å². The maximum Gasteiger partial charge on any atom is 0.407 e. The van der Waals surface area contributed by atoms with Crippen LogP contribution in [-0.4, -0.2) is 63.7 Å². The molecule has 0 radical (unpaired) electrons. The molecule has 0 spiro atoms. The Morgan fingerprint density at radius 1 is 0.886 bits per heavy atom. The fourth-order valence-corrected chi connectivity index (χ4v) is 4.95. The Morgan fingerprint density at radius 2 is 1.66 bits per heavy atom. The number of hydrogen-bond acceptors (Lipinski definition) is 5. The lowest BCUT2D eigenvalue weighted by Crippen LogP contribution is -2.46. The highest BCUT2D eigenvalue weighted by molar-refractivity contribution is 5.97. The van der Waals surface area contributed by atoms with E-state index in [2.05, 4.69) is 37.8 Å². The molecule has 0 aliphatic carbocycles. The molecule has 2 aromatic heterocycles. The van der Waals surface area contributed by atoms with Crippen LogP contribution in [0.3, 0.4) is 0 Å². The lowest BCUT2D eigenvalue weighted by molar-refractivity contribution is 0.0907. The number of carboxylic acid groups (broad SMARTS) is 1. The third-order valence-electron chi connectivity index (χ3n) is 7.30. The molecule has 10 heteroatoms. The lowest BCUT2D eigenvalue weighted by Gasteiger charge is -2.30. The molecule has 0 unspecified atom stereocenters. The zero-order valence-electron chi connectivity index (χ0n) is 24.0. The molecular formula is C34H32N6O4. The number of piperidine rings is 1. The summed E-state index contributed by atoms with van der Waals surface area (Å²) in [6.07, 6.45) is 7.72. The van der Waals surface area contributed by atoms with Crippen LogP contribution in [0.15, 0.2) is 91.5 Å². The summed E-state index contributed by atoms with van der Waals surface area (Å²) in [5.74, 6) is 6.14. The van der Waals surface area contributed by atoms with Crippen molar-refractivity contribution in [1.82, 2.24) is 25.5 Å². The maximum atomic E-state index is 13.2. The number of benzene rings is 2. The van der Waals surface area contributed by atoms with Gasteiger partial charge in [0.2, 0.25) is 0 Å². The summed E-state index contributed by atoms with van der Waals surface area (Å²) in [6.45, 7) is 1.22. The number of hydrogen-bond donors (Lipinski definition) is 4.